The SMILES string of the molecule is COc1cc(C#N)ccc1Oc1ccc(CO)cc1Cl. The van der Waals surface area contributed by atoms with Crippen LogP contribution in [0.2, 0.25) is 5.02 Å². The van der Waals surface area contributed by atoms with Crippen molar-refractivity contribution in [2.45, 2.75) is 6.61 Å². The van der Waals surface area contributed by atoms with E-state index < -0.39 is 0 Å². The maximum absolute atomic E-state index is 9.03. The molecule has 0 atom stereocenters. The number of nitriles is 1. The Morgan fingerprint density at radius 1 is 1.15 bits per heavy atom. The summed E-state index contributed by atoms with van der Waals surface area (Å²) in [6.07, 6.45) is 0. The average molecular weight is 290 g/mol. The first kappa shape index (κ1) is 14.2. The zero-order valence-corrected chi connectivity index (χ0v) is 11.5. The Morgan fingerprint density at radius 3 is 2.50 bits per heavy atom. The van der Waals surface area contributed by atoms with Crippen molar-refractivity contribution in [2.75, 3.05) is 7.11 Å². The molecule has 0 aliphatic heterocycles. The first-order valence-electron chi connectivity index (χ1n) is 5.83. The second-order valence-electron chi connectivity index (χ2n) is 4.00. The molecule has 0 saturated carbocycles. The van der Waals surface area contributed by atoms with E-state index in [1.807, 2.05) is 6.07 Å². The van der Waals surface area contributed by atoms with Crippen LogP contribution in [0.3, 0.4) is 0 Å². The number of nitrogens with zero attached hydrogens (tertiary/aromatic N) is 1. The van der Waals surface area contributed by atoms with Crippen LogP contribution >= 0.6 is 11.6 Å². The fraction of sp³-hybridized carbons (Fsp3) is 0.133. The quantitative estimate of drug-likeness (QED) is 0.935. The maximum Gasteiger partial charge on any atom is 0.169 e. The molecule has 0 heterocycles. The Kier molecular flexibility index (Phi) is 4.46. The van der Waals surface area contributed by atoms with E-state index in [1.165, 1.54) is 7.11 Å². The van der Waals surface area contributed by atoms with Crippen LogP contribution in [0.4, 0.5) is 0 Å². The monoisotopic (exact) mass is 289 g/mol. The molecule has 1 N–H and O–H groups in total. The van der Waals surface area contributed by atoms with Crippen molar-refractivity contribution in [3.8, 4) is 23.3 Å². The first-order valence-corrected chi connectivity index (χ1v) is 6.21. The third-order valence-electron chi connectivity index (χ3n) is 2.69. The molecule has 0 bridgehead atoms. The molecule has 102 valence electrons. The van der Waals surface area contributed by atoms with Crippen molar-refractivity contribution < 1.29 is 14.6 Å². The number of benzene rings is 2. The summed E-state index contributed by atoms with van der Waals surface area (Å²) in [5, 5.41) is 18.3. The minimum atomic E-state index is -0.0831. The predicted octanol–water partition coefficient (Wildman–Crippen LogP) is 3.50. The van der Waals surface area contributed by atoms with Crippen LogP contribution in [-0.2, 0) is 6.61 Å². The van der Waals surface area contributed by atoms with Gasteiger partial charge in [-0.2, -0.15) is 5.26 Å². The molecule has 0 spiro atoms. The number of methoxy groups -OCH3 is 1. The van der Waals surface area contributed by atoms with Gasteiger partial charge in [0, 0.05) is 6.07 Å². The van der Waals surface area contributed by atoms with Crippen LogP contribution in [0.1, 0.15) is 11.1 Å². The molecular weight excluding hydrogens is 278 g/mol. The molecule has 0 unspecified atom stereocenters. The van der Waals surface area contributed by atoms with Crippen LogP contribution in [0.15, 0.2) is 36.4 Å². The Labute approximate surface area is 121 Å². The van der Waals surface area contributed by atoms with Crippen molar-refractivity contribution in [3.05, 3.63) is 52.5 Å². The molecule has 0 fully saturated rings. The molecule has 2 rings (SSSR count). The third kappa shape index (κ3) is 3.02. The highest BCUT2D eigenvalue weighted by atomic mass is 35.5. The van der Waals surface area contributed by atoms with E-state index in [-0.39, 0.29) is 6.61 Å². The molecule has 0 radical (unpaired) electrons. The summed E-state index contributed by atoms with van der Waals surface area (Å²) in [5.41, 5.74) is 1.19. The van der Waals surface area contributed by atoms with E-state index >= 15 is 0 Å². The highest BCUT2D eigenvalue weighted by Crippen LogP contribution is 2.35. The largest absolute Gasteiger partial charge is 0.493 e. The standard InChI is InChI=1S/C15H12ClNO3/c1-19-15-7-10(8-17)2-5-14(15)20-13-4-3-11(9-18)6-12(13)16/h2-7,18H,9H2,1H3. The number of hydrogen-bond donors (Lipinski definition) is 1. The summed E-state index contributed by atoms with van der Waals surface area (Å²) in [5.74, 6) is 1.36. The molecule has 2 aromatic rings. The first-order chi connectivity index (χ1) is 9.67. The lowest BCUT2D eigenvalue weighted by Gasteiger charge is -2.12. The van der Waals surface area contributed by atoms with Gasteiger partial charge < -0.3 is 14.6 Å². The lowest BCUT2D eigenvalue weighted by Crippen LogP contribution is -1.92. The summed E-state index contributed by atoms with van der Waals surface area (Å²) >= 11 is 6.08. The highest BCUT2D eigenvalue weighted by Gasteiger charge is 2.10. The van der Waals surface area contributed by atoms with E-state index in [0.717, 1.165) is 0 Å². The molecule has 4 nitrogen and oxygen atoms in total. The lowest BCUT2D eigenvalue weighted by atomic mass is 10.2. The van der Waals surface area contributed by atoms with Crippen molar-refractivity contribution >= 4 is 11.6 Å². The second kappa shape index (κ2) is 6.29. The third-order valence-corrected chi connectivity index (χ3v) is 2.99. The molecular formula is C15H12ClNO3. The Hall–Kier alpha value is -2.22. The smallest absolute Gasteiger partial charge is 0.169 e. The predicted molar refractivity (Wildman–Crippen MR) is 75.2 cm³/mol. The minimum absolute atomic E-state index is 0.0831. The molecule has 2 aromatic carbocycles. The van der Waals surface area contributed by atoms with E-state index in [0.29, 0.717) is 33.4 Å². The average Bonchev–Trinajstić information content (AvgIpc) is 2.49. The molecule has 0 saturated heterocycles. The van der Waals surface area contributed by atoms with Gasteiger partial charge in [-0.05, 0) is 29.8 Å². The Balaban J connectivity index is 2.32. The van der Waals surface area contributed by atoms with E-state index in [2.05, 4.69) is 0 Å². The van der Waals surface area contributed by atoms with E-state index in [1.54, 1.807) is 36.4 Å². The van der Waals surface area contributed by atoms with Gasteiger partial charge in [0.15, 0.2) is 11.5 Å². The minimum Gasteiger partial charge on any atom is -0.493 e. The summed E-state index contributed by atoms with van der Waals surface area (Å²) in [6.45, 7) is -0.0831. The fourth-order valence-corrected chi connectivity index (χ4v) is 1.91. The van der Waals surface area contributed by atoms with Gasteiger partial charge in [-0.15, -0.1) is 0 Å². The summed E-state index contributed by atoms with van der Waals surface area (Å²) < 4.78 is 10.9. The second-order valence-corrected chi connectivity index (χ2v) is 4.41. The van der Waals surface area contributed by atoms with Gasteiger partial charge in [-0.1, -0.05) is 17.7 Å². The van der Waals surface area contributed by atoms with Gasteiger partial charge >= 0.3 is 0 Å². The molecule has 0 aromatic heterocycles. The summed E-state index contributed by atoms with van der Waals surface area (Å²) in [6, 6.07) is 11.9. The lowest BCUT2D eigenvalue weighted by molar-refractivity contribution is 0.281. The summed E-state index contributed by atoms with van der Waals surface area (Å²) in [4.78, 5) is 0. The van der Waals surface area contributed by atoms with Gasteiger partial charge in [0.1, 0.15) is 5.75 Å². The van der Waals surface area contributed by atoms with Crippen molar-refractivity contribution in [1.82, 2.24) is 0 Å². The number of aliphatic hydroxyl groups excluding tert-OH is 1. The zero-order valence-electron chi connectivity index (χ0n) is 10.8. The number of hydrogen-bond acceptors (Lipinski definition) is 4. The van der Waals surface area contributed by atoms with E-state index in [9.17, 15) is 0 Å². The molecule has 5 heteroatoms. The van der Waals surface area contributed by atoms with Crippen LogP contribution in [0.5, 0.6) is 17.2 Å². The number of aliphatic hydroxyl groups is 1. The van der Waals surface area contributed by atoms with Crippen LogP contribution in [0, 0.1) is 11.3 Å². The topological polar surface area (TPSA) is 62.5 Å². The van der Waals surface area contributed by atoms with Gasteiger partial charge in [-0.3, -0.25) is 0 Å². The number of ether oxygens (including phenoxy) is 2. The fourth-order valence-electron chi connectivity index (χ4n) is 1.67. The van der Waals surface area contributed by atoms with Crippen LogP contribution in [-0.4, -0.2) is 12.2 Å². The van der Waals surface area contributed by atoms with Crippen molar-refractivity contribution in [3.63, 3.8) is 0 Å². The molecule has 0 aliphatic carbocycles. The number of rotatable bonds is 4. The summed E-state index contributed by atoms with van der Waals surface area (Å²) in [7, 11) is 1.50. The van der Waals surface area contributed by atoms with Gasteiger partial charge in [0.2, 0.25) is 0 Å². The van der Waals surface area contributed by atoms with Crippen LogP contribution < -0.4 is 9.47 Å². The normalized spacial score (nSPS) is 9.90. The zero-order chi connectivity index (χ0) is 14.5. The van der Waals surface area contributed by atoms with Crippen LogP contribution in [0.25, 0.3) is 0 Å². The molecule has 20 heavy (non-hydrogen) atoms. The number of halogens is 1. The Bertz CT molecular complexity index is 665. The van der Waals surface area contributed by atoms with Crippen molar-refractivity contribution in [1.29, 1.82) is 5.26 Å². The Morgan fingerprint density at radius 2 is 1.90 bits per heavy atom. The van der Waals surface area contributed by atoms with Gasteiger partial charge in [0.05, 0.1) is 30.4 Å². The van der Waals surface area contributed by atoms with E-state index in [4.69, 9.17) is 31.4 Å². The van der Waals surface area contributed by atoms with Crippen molar-refractivity contribution in [2.24, 2.45) is 0 Å². The highest BCUT2D eigenvalue weighted by molar-refractivity contribution is 6.32. The van der Waals surface area contributed by atoms with Gasteiger partial charge in [0.25, 0.3) is 0 Å². The molecule has 0 aliphatic rings. The van der Waals surface area contributed by atoms with Gasteiger partial charge in [-0.25, -0.2) is 0 Å². The molecule has 0 amide bonds. The maximum atomic E-state index is 9.03.